The second-order valence-electron chi connectivity index (χ2n) is 5.90. The van der Waals surface area contributed by atoms with Crippen molar-refractivity contribution in [2.24, 2.45) is 11.7 Å². The first-order chi connectivity index (χ1) is 10.4. The van der Waals surface area contributed by atoms with Crippen LogP contribution in [-0.2, 0) is 0 Å². The van der Waals surface area contributed by atoms with Gasteiger partial charge in [0.15, 0.2) is 6.10 Å². The third-order valence-electron chi connectivity index (χ3n) is 4.13. The fourth-order valence-electron chi connectivity index (χ4n) is 2.77. The lowest BCUT2D eigenvalue weighted by Gasteiger charge is -2.23. The first-order valence-corrected chi connectivity index (χ1v) is 7.61. The Balaban J connectivity index is 1.97. The van der Waals surface area contributed by atoms with Crippen LogP contribution in [0.15, 0.2) is 24.3 Å². The van der Waals surface area contributed by atoms with E-state index in [2.05, 4.69) is 0 Å². The molecule has 124 valence electrons. The summed E-state index contributed by atoms with van der Waals surface area (Å²) >= 11 is 0. The van der Waals surface area contributed by atoms with Crippen LogP contribution in [0.25, 0.3) is 0 Å². The average Bonchev–Trinajstić information content (AvgIpc) is 2.52. The SMILES string of the molecule is NC(c1cccc(OCC2CCCCC2)c1)C(O)C(F)(F)F. The van der Waals surface area contributed by atoms with E-state index >= 15 is 0 Å². The average molecular weight is 317 g/mol. The molecule has 0 amide bonds. The van der Waals surface area contributed by atoms with Crippen molar-refractivity contribution in [3.63, 3.8) is 0 Å². The van der Waals surface area contributed by atoms with Crippen molar-refractivity contribution >= 4 is 0 Å². The van der Waals surface area contributed by atoms with Crippen molar-refractivity contribution in [2.75, 3.05) is 6.61 Å². The third kappa shape index (κ3) is 4.61. The second-order valence-corrected chi connectivity index (χ2v) is 5.90. The summed E-state index contributed by atoms with van der Waals surface area (Å²) in [5.41, 5.74) is 5.72. The molecule has 0 aliphatic heterocycles. The van der Waals surface area contributed by atoms with Gasteiger partial charge in [-0.3, -0.25) is 0 Å². The molecule has 1 aromatic carbocycles. The van der Waals surface area contributed by atoms with Gasteiger partial charge in [0.2, 0.25) is 0 Å². The van der Waals surface area contributed by atoms with Crippen LogP contribution < -0.4 is 10.5 Å². The lowest BCUT2D eigenvalue weighted by atomic mass is 9.90. The molecule has 0 aromatic heterocycles. The van der Waals surface area contributed by atoms with Crippen molar-refractivity contribution in [1.82, 2.24) is 0 Å². The molecule has 22 heavy (non-hydrogen) atoms. The van der Waals surface area contributed by atoms with Crippen molar-refractivity contribution in [1.29, 1.82) is 0 Å². The topological polar surface area (TPSA) is 55.5 Å². The quantitative estimate of drug-likeness (QED) is 0.873. The Bertz CT molecular complexity index is 473. The van der Waals surface area contributed by atoms with Gasteiger partial charge in [-0.1, -0.05) is 31.4 Å². The minimum absolute atomic E-state index is 0.214. The molecule has 2 atom stereocenters. The monoisotopic (exact) mass is 317 g/mol. The summed E-state index contributed by atoms with van der Waals surface area (Å²) in [5.74, 6) is 1.000. The number of halogens is 3. The van der Waals surface area contributed by atoms with Crippen LogP contribution >= 0.6 is 0 Å². The zero-order chi connectivity index (χ0) is 16.2. The second kappa shape index (κ2) is 7.33. The van der Waals surface area contributed by atoms with E-state index in [1.165, 1.54) is 31.4 Å². The molecular weight excluding hydrogens is 295 g/mol. The molecule has 2 rings (SSSR count). The molecule has 1 fully saturated rings. The summed E-state index contributed by atoms with van der Waals surface area (Å²) in [6.45, 7) is 0.570. The van der Waals surface area contributed by atoms with E-state index in [4.69, 9.17) is 10.5 Å². The van der Waals surface area contributed by atoms with Crippen molar-refractivity contribution < 1.29 is 23.0 Å². The fourth-order valence-corrected chi connectivity index (χ4v) is 2.77. The summed E-state index contributed by atoms with van der Waals surface area (Å²) in [5, 5.41) is 9.24. The summed E-state index contributed by atoms with van der Waals surface area (Å²) in [6.07, 6.45) is -1.39. The Labute approximate surface area is 128 Å². The Kier molecular flexibility index (Phi) is 5.69. The molecule has 0 spiro atoms. The molecular formula is C16H22F3NO2. The fraction of sp³-hybridized carbons (Fsp3) is 0.625. The maximum atomic E-state index is 12.5. The van der Waals surface area contributed by atoms with Crippen LogP contribution in [0.2, 0.25) is 0 Å². The van der Waals surface area contributed by atoms with Crippen molar-refractivity contribution in [3.8, 4) is 5.75 Å². The first kappa shape index (κ1) is 17.1. The van der Waals surface area contributed by atoms with E-state index in [9.17, 15) is 18.3 Å². The minimum Gasteiger partial charge on any atom is -0.493 e. The normalized spacial score (nSPS) is 19.7. The zero-order valence-corrected chi connectivity index (χ0v) is 12.4. The largest absolute Gasteiger partial charge is 0.493 e. The number of aliphatic hydroxyl groups excluding tert-OH is 1. The highest BCUT2D eigenvalue weighted by Crippen LogP contribution is 2.30. The van der Waals surface area contributed by atoms with Gasteiger partial charge in [-0.05, 0) is 36.5 Å². The van der Waals surface area contributed by atoms with Gasteiger partial charge in [0.25, 0.3) is 0 Å². The highest BCUT2D eigenvalue weighted by Gasteiger charge is 2.42. The molecule has 3 nitrogen and oxygen atoms in total. The predicted molar refractivity (Wildman–Crippen MR) is 77.5 cm³/mol. The van der Waals surface area contributed by atoms with E-state index in [1.54, 1.807) is 12.1 Å². The molecule has 0 saturated heterocycles. The third-order valence-corrected chi connectivity index (χ3v) is 4.13. The van der Waals surface area contributed by atoms with Crippen LogP contribution in [0.5, 0.6) is 5.75 Å². The summed E-state index contributed by atoms with van der Waals surface area (Å²) in [4.78, 5) is 0. The minimum atomic E-state index is -4.74. The maximum absolute atomic E-state index is 12.5. The lowest BCUT2D eigenvalue weighted by molar-refractivity contribution is -0.210. The number of benzene rings is 1. The van der Waals surface area contributed by atoms with Gasteiger partial charge in [0.1, 0.15) is 5.75 Å². The molecule has 0 bridgehead atoms. The Hall–Kier alpha value is -1.27. The van der Waals surface area contributed by atoms with Gasteiger partial charge in [0, 0.05) is 0 Å². The van der Waals surface area contributed by atoms with Crippen LogP contribution in [0.4, 0.5) is 13.2 Å². The molecule has 1 saturated carbocycles. The van der Waals surface area contributed by atoms with Gasteiger partial charge in [-0.15, -0.1) is 0 Å². The highest BCUT2D eigenvalue weighted by atomic mass is 19.4. The summed E-state index contributed by atoms with van der Waals surface area (Å²) < 4.78 is 43.2. The number of rotatable bonds is 5. The number of nitrogens with two attached hydrogens (primary N) is 1. The van der Waals surface area contributed by atoms with Gasteiger partial charge >= 0.3 is 6.18 Å². The van der Waals surface area contributed by atoms with E-state index in [1.807, 2.05) is 0 Å². The number of hydrogen-bond donors (Lipinski definition) is 2. The molecule has 6 heteroatoms. The molecule has 0 heterocycles. The molecule has 1 aliphatic carbocycles. The number of aliphatic hydroxyl groups is 1. The van der Waals surface area contributed by atoms with Crippen molar-refractivity contribution in [3.05, 3.63) is 29.8 Å². The smallest absolute Gasteiger partial charge is 0.416 e. The Morgan fingerprint density at radius 2 is 1.91 bits per heavy atom. The van der Waals surface area contributed by atoms with E-state index < -0.39 is 18.3 Å². The molecule has 2 unspecified atom stereocenters. The van der Waals surface area contributed by atoms with E-state index in [-0.39, 0.29) is 5.56 Å². The number of hydrogen-bond acceptors (Lipinski definition) is 3. The van der Waals surface area contributed by atoms with Gasteiger partial charge in [-0.2, -0.15) is 13.2 Å². The number of alkyl halides is 3. The standard InChI is InChI=1S/C16H22F3NO2/c17-16(18,19)15(21)14(20)12-7-4-8-13(9-12)22-10-11-5-2-1-3-6-11/h4,7-9,11,14-15,21H,1-3,5-6,10,20H2. The molecule has 0 radical (unpaired) electrons. The van der Waals surface area contributed by atoms with Gasteiger partial charge < -0.3 is 15.6 Å². The zero-order valence-electron chi connectivity index (χ0n) is 12.4. The van der Waals surface area contributed by atoms with Crippen LogP contribution in [0.1, 0.15) is 43.7 Å². The van der Waals surface area contributed by atoms with Gasteiger partial charge in [-0.25, -0.2) is 0 Å². The lowest BCUT2D eigenvalue weighted by Crippen LogP contribution is -2.38. The summed E-state index contributed by atoms with van der Waals surface area (Å²) in [6, 6.07) is 4.71. The number of ether oxygens (including phenoxy) is 1. The Morgan fingerprint density at radius 3 is 2.55 bits per heavy atom. The molecule has 3 N–H and O–H groups in total. The molecule has 1 aromatic rings. The molecule has 1 aliphatic rings. The van der Waals surface area contributed by atoms with E-state index in [0.717, 1.165) is 12.8 Å². The summed E-state index contributed by atoms with van der Waals surface area (Å²) in [7, 11) is 0. The Morgan fingerprint density at radius 1 is 1.23 bits per heavy atom. The maximum Gasteiger partial charge on any atom is 0.416 e. The van der Waals surface area contributed by atoms with Gasteiger partial charge in [0.05, 0.1) is 12.6 Å². The highest BCUT2D eigenvalue weighted by molar-refractivity contribution is 5.31. The predicted octanol–water partition coefficient (Wildman–Crippen LogP) is 3.57. The van der Waals surface area contributed by atoms with E-state index in [0.29, 0.717) is 18.3 Å². The van der Waals surface area contributed by atoms with Crippen LogP contribution in [0.3, 0.4) is 0 Å². The van der Waals surface area contributed by atoms with Crippen LogP contribution in [-0.4, -0.2) is 24.0 Å². The van der Waals surface area contributed by atoms with Crippen LogP contribution in [0, 0.1) is 5.92 Å². The first-order valence-electron chi connectivity index (χ1n) is 7.61. The van der Waals surface area contributed by atoms with Crippen molar-refractivity contribution in [2.45, 2.75) is 50.4 Å².